The average molecular weight is 412 g/mol. The van der Waals surface area contributed by atoms with E-state index in [2.05, 4.69) is 4.99 Å². The van der Waals surface area contributed by atoms with Gasteiger partial charge in [-0.05, 0) is 44.9 Å². The highest BCUT2D eigenvalue weighted by Gasteiger charge is 2.28. The molecule has 0 saturated carbocycles. The van der Waals surface area contributed by atoms with Gasteiger partial charge in [0.25, 0.3) is 5.91 Å². The van der Waals surface area contributed by atoms with E-state index in [9.17, 15) is 13.2 Å². The zero-order valence-corrected chi connectivity index (χ0v) is 17.5. The fraction of sp³-hybridized carbons (Fsp3) is 0.556. The number of thiazole rings is 1. The first-order valence-electron chi connectivity index (χ1n) is 9.13. The Morgan fingerprint density at radius 1 is 1.30 bits per heavy atom. The highest BCUT2D eigenvalue weighted by molar-refractivity contribution is 7.88. The number of fused-ring (bicyclic) bond motifs is 1. The molecule has 1 aromatic heterocycles. The molecular formula is C18H25N3O4S2. The lowest BCUT2D eigenvalue weighted by Crippen LogP contribution is -2.39. The van der Waals surface area contributed by atoms with Crippen LogP contribution in [0.5, 0.6) is 5.75 Å². The fourth-order valence-corrected chi connectivity index (χ4v) is 5.32. The van der Waals surface area contributed by atoms with E-state index in [1.807, 2.05) is 36.6 Å². The first-order chi connectivity index (χ1) is 12.8. The summed E-state index contributed by atoms with van der Waals surface area (Å²) in [7, 11) is -3.19. The second kappa shape index (κ2) is 8.12. The minimum absolute atomic E-state index is 0.165. The SMILES string of the molecule is CCOc1ccc2c(c1)sc(=NC(=O)C1CCN(S(C)(=O)=O)CC1)n2CC. The number of piperidine rings is 1. The fourth-order valence-electron chi connectivity index (χ4n) is 3.32. The van der Waals surface area contributed by atoms with Crippen molar-refractivity contribution in [3.05, 3.63) is 23.0 Å². The van der Waals surface area contributed by atoms with Crippen molar-refractivity contribution in [3.8, 4) is 5.75 Å². The highest BCUT2D eigenvalue weighted by Crippen LogP contribution is 2.24. The summed E-state index contributed by atoms with van der Waals surface area (Å²) in [5.41, 5.74) is 1.03. The van der Waals surface area contributed by atoms with E-state index >= 15 is 0 Å². The molecule has 0 bridgehead atoms. The van der Waals surface area contributed by atoms with Gasteiger partial charge in [-0.15, -0.1) is 0 Å². The number of hydrogen-bond acceptors (Lipinski definition) is 5. The molecule has 0 unspecified atom stereocenters. The molecule has 1 aliphatic heterocycles. The van der Waals surface area contributed by atoms with Crippen molar-refractivity contribution >= 4 is 37.5 Å². The van der Waals surface area contributed by atoms with Crippen LogP contribution in [0.1, 0.15) is 26.7 Å². The maximum atomic E-state index is 12.7. The number of carbonyl (C=O) groups is 1. The lowest BCUT2D eigenvalue weighted by Gasteiger charge is -2.28. The number of benzene rings is 1. The molecule has 1 fully saturated rings. The number of carbonyl (C=O) groups excluding carboxylic acids is 1. The first kappa shape index (κ1) is 20.0. The average Bonchev–Trinajstić information content (AvgIpc) is 2.97. The summed E-state index contributed by atoms with van der Waals surface area (Å²) in [4.78, 5) is 17.7. The standard InChI is InChI=1S/C18H25N3O4S2/c1-4-21-15-7-6-14(25-5-2)12-16(15)26-18(21)19-17(22)13-8-10-20(11-9-13)27(3,23)24/h6-7,12-13H,4-5,8-11H2,1-3H3. The van der Waals surface area contributed by atoms with Crippen LogP contribution in [0.3, 0.4) is 0 Å². The minimum atomic E-state index is -3.19. The largest absolute Gasteiger partial charge is 0.494 e. The molecule has 3 rings (SSSR count). The monoisotopic (exact) mass is 411 g/mol. The van der Waals surface area contributed by atoms with E-state index in [4.69, 9.17) is 4.74 Å². The van der Waals surface area contributed by atoms with Gasteiger partial charge < -0.3 is 9.30 Å². The van der Waals surface area contributed by atoms with Crippen LogP contribution >= 0.6 is 11.3 Å². The number of nitrogens with zero attached hydrogens (tertiary/aromatic N) is 3. The van der Waals surface area contributed by atoms with Crippen molar-refractivity contribution < 1.29 is 17.9 Å². The maximum absolute atomic E-state index is 12.7. The Bertz CT molecular complexity index is 999. The van der Waals surface area contributed by atoms with Crippen molar-refractivity contribution in [1.29, 1.82) is 0 Å². The van der Waals surface area contributed by atoms with Crippen LogP contribution in [0, 0.1) is 5.92 Å². The zero-order chi connectivity index (χ0) is 19.6. The minimum Gasteiger partial charge on any atom is -0.494 e. The van der Waals surface area contributed by atoms with Crippen molar-refractivity contribution in [3.63, 3.8) is 0 Å². The molecule has 0 atom stereocenters. The number of rotatable bonds is 5. The van der Waals surface area contributed by atoms with Gasteiger partial charge in [-0.25, -0.2) is 12.7 Å². The Morgan fingerprint density at radius 2 is 2.00 bits per heavy atom. The number of aromatic nitrogens is 1. The molecule has 0 spiro atoms. The molecule has 148 valence electrons. The Morgan fingerprint density at radius 3 is 2.59 bits per heavy atom. The van der Waals surface area contributed by atoms with E-state index in [-0.39, 0.29) is 11.8 Å². The Kier molecular flexibility index (Phi) is 6.02. The second-order valence-electron chi connectivity index (χ2n) is 6.58. The van der Waals surface area contributed by atoms with Gasteiger partial charge in [0, 0.05) is 25.6 Å². The molecule has 2 aromatic rings. The molecule has 1 amide bonds. The van der Waals surface area contributed by atoms with Crippen LogP contribution in [0.4, 0.5) is 0 Å². The van der Waals surface area contributed by atoms with Gasteiger partial charge in [0.1, 0.15) is 5.75 Å². The van der Waals surface area contributed by atoms with Crippen LogP contribution in [-0.2, 0) is 21.4 Å². The highest BCUT2D eigenvalue weighted by atomic mass is 32.2. The summed E-state index contributed by atoms with van der Waals surface area (Å²) in [5, 5.41) is 0. The molecular weight excluding hydrogens is 386 g/mol. The predicted octanol–water partition coefficient (Wildman–Crippen LogP) is 2.22. The normalized spacial score (nSPS) is 17.5. The van der Waals surface area contributed by atoms with Crippen molar-refractivity contribution in [2.45, 2.75) is 33.2 Å². The summed E-state index contributed by atoms with van der Waals surface area (Å²) in [5.74, 6) is 0.417. The quantitative estimate of drug-likeness (QED) is 0.756. The summed E-state index contributed by atoms with van der Waals surface area (Å²) < 4.78 is 33.3. The topological polar surface area (TPSA) is 81.0 Å². The molecule has 27 heavy (non-hydrogen) atoms. The number of amides is 1. The van der Waals surface area contributed by atoms with Gasteiger partial charge >= 0.3 is 0 Å². The summed E-state index contributed by atoms with van der Waals surface area (Å²) >= 11 is 1.47. The van der Waals surface area contributed by atoms with E-state index in [0.29, 0.717) is 43.9 Å². The van der Waals surface area contributed by atoms with Crippen LogP contribution < -0.4 is 9.54 Å². The lowest BCUT2D eigenvalue weighted by molar-refractivity contribution is -0.122. The van der Waals surface area contributed by atoms with Crippen LogP contribution in [0.15, 0.2) is 23.2 Å². The van der Waals surface area contributed by atoms with Crippen LogP contribution in [0.25, 0.3) is 10.2 Å². The van der Waals surface area contributed by atoms with Gasteiger partial charge in [0.15, 0.2) is 4.80 Å². The number of aryl methyl sites for hydroxylation is 1. The van der Waals surface area contributed by atoms with Crippen LogP contribution in [-0.4, -0.2) is 49.1 Å². The third-order valence-corrected chi connectivity index (χ3v) is 7.10. The molecule has 0 N–H and O–H groups in total. The zero-order valence-electron chi connectivity index (χ0n) is 15.8. The molecule has 0 radical (unpaired) electrons. The van der Waals surface area contributed by atoms with Crippen molar-refractivity contribution in [2.75, 3.05) is 26.0 Å². The lowest BCUT2D eigenvalue weighted by atomic mass is 9.98. The Hall–Kier alpha value is -1.71. The predicted molar refractivity (Wildman–Crippen MR) is 106 cm³/mol. The van der Waals surface area contributed by atoms with E-state index in [1.165, 1.54) is 21.9 Å². The van der Waals surface area contributed by atoms with Crippen LogP contribution in [0.2, 0.25) is 0 Å². The first-order valence-corrected chi connectivity index (χ1v) is 11.8. The molecule has 1 aromatic carbocycles. The maximum Gasteiger partial charge on any atom is 0.251 e. The van der Waals surface area contributed by atoms with E-state index in [1.54, 1.807) is 0 Å². The van der Waals surface area contributed by atoms with Gasteiger partial charge in [0.05, 0.1) is 23.1 Å². The smallest absolute Gasteiger partial charge is 0.251 e. The molecule has 1 aliphatic rings. The Labute approximate surface area is 163 Å². The third-order valence-electron chi connectivity index (χ3n) is 4.76. The van der Waals surface area contributed by atoms with Gasteiger partial charge in [0.2, 0.25) is 10.0 Å². The number of ether oxygens (including phenoxy) is 1. The van der Waals surface area contributed by atoms with E-state index < -0.39 is 10.0 Å². The van der Waals surface area contributed by atoms with E-state index in [0.717, 1.165) is 16.0 Å². The molecule has 9 heteroatoms. The summed E-state index contributed by atoms with van der Waals surface area (Å²) in [6, 6.07) is 5.90. The summed E-state index contributed by atoms with van der Waals surface area (Å²) in [6.45, 7) is 6.04. The molecule has 1 saturated heterocycles. The van der Waals surface area contributed by atoms with Gasteiger partial charge in [-0.2, -0.15) is 4.99 Å². The third kappa shape index (κ3) is 4.41. The van der Waals surface area contributed by atoms with Crippen molar-refractivity contribution in [2.24, 2.45) is 10.9 Å². The molecule has 2 heterocycles. The molecule has 7 nitrogen and oxygen atoms in total. The molecule has 0 aliphatic carbocycles. The number of sulfonamides is 1. The summed E-state index contributed by atoms with van der Waals surface area (Å²) in [6.07, 6.45) is 2.24. The second-order valence-corrected chi connectivity index (χ2v) is 9.57. The van der Waals surface area contributed by atoms with Gasteiger partial charge in [-0.3, -0.25) is 4.79 Å². The number of hydrogen-bond donors (Lipinski definition) is 0. The van der Waals surface area contributed by atoms with Crippen molar-refractivity contribution in [1.82, 2.24) is 8.87 Å². The Balaban J connectivity index is 1.85. The van der Waals surface area contributed by atoms with Gasteiger partial charge in [-0.1, -0.05) is 11.3 Å².